The molecule has 0 aliphatic rings. The van der Waals surface area contributed by atoms with Crippen LogP contribution < -0.4 is 5.32 Å². The van der Waals surface area contributed by atoms with Crippen molar-refractivity contribution in [2.75, 3.05) is 40.9 Å². The van der Waals surface area contributed by atoms with Crippen molar-refractivity contribution in [3.63, 3.8) is 0 Å². The number of nitrogens with one attached hydrogen (secondary N) is 1. The largest absolute Gasteiger partial charge is 0.472 e. The maximum Gasteiger partial charge on any atom is 0.472 e. The van der Waals surface area contributed by atoms with Crippen LogP contribution in [0.4, 0.5) is 0 Å². The molecule has 0 aliphatic carbocycles. The molecule has 0 heterocycles. The first kappa shape index (κ1) is 81.4. The van der Waals surface area contributed by atoms with Crippen LogP contribution in [0.1, 0.15) is 290 Å². The van der Waals surface area contributed by atoms with Gasteiger partial charge in [0.25, 0.3) is 0 Å². The number of esters is 1. The van der Waals surface area contributed by atoms with Crippen LogP contribution >= 0.6 is 7.82 Å². The highest BCUT2D eigenvalue weighted by Crippen LogP contribution is 2.43. The lowest BCUT2D eigenvalue weighted by atomic mass is 10.0. The van der Waals surface area contributed by atoms with Gasteiger partial charge < -0.3 is 19.4 Å². The van der Waals surface area contributed by atoms with Crippen molar-refractivity contribution in [3.05, 3.63) is 122 Å². The standard InChI is InChI=1S/C75H131N2O7P/c1-7-10-13-16-19-22-25-28-30-32-34-35-36-37-38-39-40-41-43-45-47-50-53-56-59-62-65-68-75(79)84-73(66-63-60-57-54-51-48-27-24-21-18-15-12-9-3)72(71-83-85(80,81)82-70-69-77(4,5)6)76-74(78)67-64-61-58-55-52-49-46-44-42-33-31-29-26-23-20-17-14-11-8-2/h11,14,19-20,22-23,28-31,34-35,42,44,49,52,58,61,63,66,72-73H,7-10,12-13,15-18,21,24-27,32-33,36-41,43,45-48,50-51,53-57,59-60,62,64-65,67-71H2,1-6H3,(H-,76,78,80,81)/p+1/b14-11-,22-19-,23-20-,30-28-,31-29-,35-34-,44-42-,52-49-,61-58-,66-63-. The molecule has 3 atom stereocenters. The summed E-state index contributed by atoms with van der Waals surface area (Å²) >= 11 is 0. The second kappa shape index (κ2) is 63.4. The molecule has 0 aromatic heterocycles. The fourth-order valence-corrected chi connectivity index (χ4v) is 10.3. The number of likely N-dealkylation sites (N-methyl/N-ethyl adjacent to an activating group) is 1. The summed E-state index contributed by atoms with van der Waals surface area (Å²) in [5.74, 6) is -0.604. The van der Waals surface area contributed by atoms with Crippen LogP contribution in [-0.4, -0.2) is 74.3 Å². The molecule has 2 N–H and O–H groups in total. The third-order valence-corrected chi connectivity index (χ3v) is 15.9. The maximum atomic E-state index is 13.6. The molecule has 0 spiro atoms. The summed E-state index contributed by atoms with van der Waals surface area (Å²) in [4.78, 5) is 37.8. The minimum absolute atomic E-state index is 0.0215. The van der Waals surface area contributed by atoms with Gasteiger partial charge in [-0.25, -0.2) is 4.57 Å². The van der Waals surface area contributed by atoms with Crippen LogP contribution in [0, 0.1) is 0 Å². The number of hydrogen-bond acceptors (Lipinski definition) is 6. The summed E-state index contributed by atoms with van der Waals surface area (Å²) in [6.07, 6.45) is 89.4. The average molecular weight is 1200 g/mol. The SMILES string of the molecule is CC/C=C\C/C=C\C/C=C\C/C=C\C/C=C\C/C=C\CCC(=O)NC(COP(=O)(O)OCC[N+](C)(C)C)C(/C=C\CCCCCCCCCCCCC)OC(=O)CCCCCCCCCCCCCCCC/C=C\C/C=C\C/C=C\CCCCC. The summed E-state index contributed by atoms with van der Waals surface area (Å²) in [5, 5.41) is 3.01. The molecule has 0 rings (SSSR count). The van der Waals surface area contributed by atoms with E-state index >= 15 is 0 Å². The molecule has 0 saturated carbocycles. The summed E-state index contributed by atoms with van der Waals surface area (Å²) in [7, 11) is 1.44. The Morgan fingerprint density at radius 3 is 1.18 bits per heavy atom. The molecule has 9 nitrogen and oxygen atoms in total. The smallest absolute Gasteiger partial charge is 0.456 e. The van der Waals surface area contributed by atoms with Gasteiger partial charge in [0.2, 0.25) is 5.91 Å². The van der Waals surface area contributed by atoms with Crippen molar-refractivity contribution in [1.82, 2.24) is 5.32 Å². The van der Waals surface area contributed by atoms with E-state index in [1.54, 1.807) is 0 Å². The number of phosphoric acid groups is 1. The van der Waals surface area contributed by atoms with E-state index in [1.165, 1.54) is 161 Å². The Labute approximate surface area is 524 Å². The summed E-state index contributed by atoms with van der Waals surface area (Å²) < 4.78 is 30.7. The molecule has 0 fully saturated rings. The number of ether oxygens (including phenoxy) is 1. The van der Waals surface area contributed by atoms with Gasteiger partial charge in [-0.2, -0.15) is 0 Å². The second-order valence-electron chi connectivity index (χ2n) is 24.3. The van der Waals surface area contributed by atoms with Crippen molar-refractivity contribution in [3.8, 4) is 0 Å². The molecule has 0 radical (unpaired) electrons. The molecule has 1 amide bonds. The van der Waals surface area contributed by atoms with Crippen molar-refractivity contribution in [2.24, 2.45) is 0 Å². The minimum atomic E-state index is -4.48. The Hall–Kier alpha value is -3.59. The van der Waals surface area contributed by atoms with Crippen molar-refractivity contribution in [2.45, 2.75) is 303 Å². The van der Waals surface area contributed by atoms with E-state index in [4.69, 9.17) is 13.8 Å². The number of phosphoric ester groups is 1. The first-order valence-corrected chi connectivity index (χ1v) is 36.4. The number of carbonyl (C=O) groups excluding carboxylic acids is 2. The number of allylic oxidation sites excluding steroid dienone is 19. The zero-order chi connectivity index (χ0) is 62.1. The summed E-state index contributed by atoms with van der Waals surface area (Å²) in [5.41, 5.74) is 0. The summed E-state index contributed by atoms with van der Waals surface area (Å²) in [6.45, 7) is 6.82. The van der Waals surface area contributed by atoms with E-state index in [0.717, 1.165) is 89.9 Å². The van der Waals surface area contributed by atoms with Crippen molar-refractivity contribution in [1.29, 1.82) is 0 Å². The van der Waals surface area contributed by atoms with Crippen LogP contribution in [0.15, 0.2) is 122 Å². The third-order valence-electron chi connectivity index (χ3n) is 14.9. The zero-order valence-corrected chi connectivity index (χ0v) is 56.7. The van der Waals surface area contributed by atoms with Gasteiger partial charge in [0.15, 0.2) is 0 Å². The van der Waals surface area contributed by atoms with E-state index in [-0.39, 0.29) is 37.9 Å². The number of amides is 1. The van der Waals surface area contributed by atoms with Gasteiger partial charge in [0, 0.05) is 12.8 Å². The molecule has 0 aliphatic heterocycles. The van der Waals surface area contributed by atoms with Crippen LogP contribution in [0.3, 0.4) is 0 Å². The fraction of sp³-hybridized carbons (Fsp3) is 0.707. The lowest BCUT2D eigenvalue weighted by Gasteiger charge is -2.27. The van der Waals surface area contributed by atoms with Gasteiger partial charge in [0.05, 0.1) is 33.8 Å². The third kappa shape index (κ3) is 64.7. The van der Waals surface area contributed by atoms with Gasteiger partial charge in [-0.3, -0.25) is 18.6 Å². The quantitative estimate of drug-likeness (QED) is 0.0205. The molecule has 0 saturated heterocycles. The van der Waals surface area contributed by atoms with Gasteiger partial charge in [-0.15, -0.1) is 0 Å². The molecule has 0 aromatic carbocycles. The molecule has 10 heteroatoms. The van der Waals surface area contributed by atoms with Crippen LogP contribution in [0.5, 0.6) is 0 Å². The van der Waals surface area contributed by atoms with Gasteiger partial charge in [0.1, 0.15) is 19.3 Å². The molecule has 0 bridgehead atoms. The Bertz CT molecular complexity index is 1870. The highest BCUT2D eigenvalue weighted by Gasteiger charge is 2.30. The lowest BCUT2D eigenvalue weighted by molar-refractivity contribution is -0.870. The first-order chi connectivity index (χ1) is 41.4. The highest BCUT2D eigenvalue weighted by molar-refractivity contribution is 7.47. The first-order valence-electron chi connectivity index (χ1n) is 34.9. The predicted octanol–water partition coefficient (Wildman–Crippen LogP) is 22.2. The summed E-state index contributed by atoms with van der Waals surface area (Å²) in [6, 6.07) is -0.897. The molecular formula is C75H132N2O7P+. The Morgan fingerprint density at radius 2 is 0.765 bits per heavy atom. The van der Waals surface area contributed by atoms with Crippen molar-refractivity contribution >= 4 is 19.7 Å². The predicted molar refractivity (Wildman–Crippen MR) is 369 cm³/mol. The van der Waals surface area contributed by atoms with E-state index in [1.807, 2.05) is 39.4 Å². The van der Waals surface area contributed by atoms with Crippen molar-refractivity contribution < 1.29 is 37.3 Å². The van der Waals surface area contributed by atoms with Gasteiger partial charge in [-0.05, 0) is 109 Å². The molecule has 0 aromatic rings. The lowest BCUT2D eigenvalue weighted by Crippen LogP contribution is -2.47. The number of quaternary nitrogens is 1. The Balaban J connectivity index is 5.18. The fourth-order valence-electron chi connectivity index (χ4n) is 9.56. The molecule has 85 heavy (non-hydrogen) atoms. The Morgan fingerprint density at radius 1 is 0.424 bits per heavy atom. The normalized spacial score (nSPS) is 14.3. The number of nitrogens with zero attached hydrogens (tertiary/aromatic N) is 1. The van der Waals surface area contributed by atoms with Crippen LogP contribution in [0.25, 0.3) is 0 Å². The van der Waals surface area contributed by atoms with E-state index in [2.05, 4.69) is 129 Å². The van der Waals surface area contributed by atoms with Crippen LogP contribution in [-0.2, 0) is 27.9 Å². The van der Waals surface area contributed by atoms with E-state index < -0.39 is 20.0 Å². The number of hydrogen-bond donors (Lipinski definition) is 2. The maximum absolute atomic E-state index is 13.6. The highest BCUT2D eigenvalue weighted by atomic mass is 31.2. The second-order valence-corrected chi connectivity index (χ2v) is 25.8. The van der Waals surface area contributed by atoms with Crippen LogP contribution in [0.2, 0.25) is 0 Å². The molecular weight excluding hydrogens is 1070 g/mol. The van der Waals surface area contributed by atoms with Gasteiger partial charge >= 0.3 is 13.8 Å². The average Bonchev–Trinajstić information content (AvgIpc) is 3.50. The Kier molecular flexibility index (Phi) is 60.8. The van der Waals surface area contributed by atoms with Gasteiger partial charge in [-0.1, -0.05) is 290 Å². The minimum Gasteiger partial charge on any atom is -0.456 e. The molecule has 488 valence electrons. The number of unbranched alkanes of at least 4 members (excludes halogenated alkanes) is 28. The number of rotatable bonds is 62. The van der Waals surface area contributed by atoms with E-state index in [9.17, 15) is 19.0 Å². The van der Waals surface area contributed by atoms with E-state index in [0.29, 0.717) is 17.4 Å². The zero-order valence-electron chi connectivity index (χ0n) is 55.8. The molecule has 3 unspecified atom stereocenters. The number of carbonyl (C=O) groups is 2. The topological polar surface area (TPSA) is 111 Å². The monoisotopic (exact) mass is 1200 g/mol.